The van der Waals surface area contributed by atoms with E-state index in [1.807, 2.05) is 13.0 Å². The maximum Gasteiger partial charge on any atom is 0.327 e. The zero-order valence-corrected chi connectivity index (χ0v) is 16.9. The quantitative estimate of drug-likeness (QED) is 0.695. The molecule has 2 aliphatic heterocycles. The first-order valence-electron chi connectivity index (χ1n) is 10.3. The van der Waals surface area contributed by atoms with E-state index in [2.05, 4.69) is 25.5 Å². The van der Waals surface area contributed by atoms with E-state index >= 15 is 0 Å². The van der Waals surface area contributed by atoms with E-state index < -0.39 is 5.82 Å². The lowest BCUT2D eigenvalue weighted by atomic mass is 10.1. The van der Waals surface area contributed by atoms with Gasteiger partial charge in [0.05, 0.1) is 11.4 Å². The standard InChI is InChI=1S/C21H24FN7O/c1-2-14-12-28-13-15(11-17(22)20(28)25-14)26-21(30)29-8-4-16-18(3-5-24-19(16)29)27-9-6-23-7-10-27/h3,5,11-13,23H,2,4,6-10H2,1H3,(H,26,30). The largest absolute Gasteiger partial charge is 0.369 e. The Hall–Kier alpha value is -3.20. The zero-order valence-electron chi connectivity index (χ0n) is 16.9. The van der Waals surface area contributed by atoms with Crippen molar-refractivity contribution in [3.8, 4) is 0 Å². The molecule has 0 bridgehead atoms. The van der Waals surface area contributed by atoms with Gasteiger partial charge in [0.2, 0.25) is 0 Å². The van der Waals surface area contributed by atoms with Crippen LogP contribution in [0.3, 0.4) is 0 Å². The summed E-state index contributed by atoms with van der Waals surface area (Å²) < 4.78 is 16.1. The molecule has 5 rings (SSSR count). The third-order valence-corrected chi connectivity index (χ3v) is 5.72. The lowest BCUT2D eigenvalue weighted by molar-refractivity contribution is 0.257. The van der Waals surface area contributed by atoms with Gasteiger partial charge in [-0.15, -0.1) is 0 Å². The van der Waals surface area contributed by atoms with Crippen molar-refractivity contribution in [2.24, 2.45) is 0 Å². The van der Waals surface area contributed by atoms with Crippen LogP contribution >= 0.6 is 0 Å². The number of hydrogen-bond acceptors (Lipinski definition) is 5. The fourth-order valence-corrected chi connectivity index (χ4v) is 4.21. The van der Waals surface area contributed by atoms with Crippen LogP contribution in [-0.2, 0) is 12.8 Å². The van der Waals surface area contributed by atoms with Gasteiger partial charge in [0.15, 0.2) is 11.5 Å². The minimum absolute atomic E-state index is 0.263. The number of carbonyl (C=O) groups is 1. The SMILES string of the molecule is CCc1cn2cc(NC(=O)N3CCc4c(N5CCNCC5)ccnc43)cc(F)c2n1. The third-order valence-electron chi connectivity index (χ3n) is 5.72. The summed E-state index contributed by atoms with van der Waals surface area (Å²) in [5.74, 6) is 0.217. The Labute approximate surface area is 173 Å². The van der Waals surface area contributed by atoms with E-state index in [1.165, 1.54) is 6.07 Å². The summed E-state index contributed by atoms with van der Waals surface area (Å²) in [6.07, 6.45) is 6.69. The predicted molar refractivity (Wildman–Crippen MR) is 114 cm³/mol. The highest BCUT2D eigenvalue weighted by Crippen LogP contribution is 2.34. The van der Waals surface area contributed by atoms with Gasteiger partial charge < -0.3 is 19.9 Å². The number of nitrogens with zero attached hydrogens (tertiary/aromatic N) is 5. The van der Waals surface area contributed by atoms with Crippen molar-refractivity contribution in [1.29, 1.82) is 0 Å². The number of carbonyl (C=O) groups excluding carboxylic acids is 1. The predicted octanol–water partition coefficient (Wildman–Crippen LogP) is 2.43. The smallest absolute Gasteiger partial charge is 0.327 e. The highest BCUT2D eigenvalue weighted by atomic mass is 19.1. The molecule has 8 nitrogen and oxygen atoms in total. The average molecular weight is 409 g/mol. The van der Waals surface area contributed by atoms with Crippen LogP contribution in [0.15, 0.2) is 30.7 Å². The number of anilines is 3. The van der Waals surface area contributed by atoms with E-state index in [0.29, 0.717) is 24.5 Å². The molecule has 0 radical (unpaired) electrons. The van der Waals surface area contributed by atoms with Crippen molar-refractivity contribution in [2.75, 3.05) is 47.8 Å². The monoisotopic (exact) mass is 409 g/mol. The molecule has 2 aliphatic rings. The number of halogens is 1. The number of piperazine rings is 1. The highest BCUT2D eigenvalue weighted by molar-refractivity contribution is 6.03. The Morgan fingerprint density at radius 3 is 2.90 bits per heavy atom. The number of aryl methyl sites for hydroxylation is 1. The van der Waals surface area contributed by atoms with Gasteiger partial charge in [0, 0.05) is 68.6 Å². The fourth-order valence-electron chi connectivity index (χ4n) is 4.21. The molecule has 0 spiro atoms. The molecule has 0 aromatic carbocycles. The van der Waals surface area contributed by atoms with Crippen LogP contribution < -0.4 is 20.4 Å². The van der Waals surface area contributed by atoms with Gasteiger partial charge in [-0.05, 0) is 18.9 Å². The van der Waals surface area contributed by atoms with Crippen molar-refractivity contribution in [1.82, 2.24) is 19.7 Å². The molecule has 2 amide bonds. The molecular weight excluding hydrogens is 385 g/mol. The van der Waals surface area contributed by atoms with Crippen LogP contribution in [-0.4, -0.2) is 53.1 Å². The molecule has 9 heteroatoms. The molecule has 156 valence electrons. The summed E-state index contributed by atoms with van der Waals surface area (Å²) in [5.41, 5.74) is 3.69. The van der Waals surface area contributed by atoms with Gasteiger partial charge in [0.25, 0.3) is 0 Å². The fraction of sp³-hybridized carbons (Fsp3) is 0.381. The second kappa shape index (κ2) is 7.56. The first-order chi connectivity index (χ1) is 14.6. The maximum atomic E-state index is 14.5. The molecule has 0 aliphatic carbocycles. The lowest BCUT2D eigenvalue weighted by Crippen LogP contribution is -2.43. The van der Waals surface area contributed by atoms with Crippen molar-refractivity contribution in [3.05, 3.63) is 47.8 Å². The van der Waals surface area contributed by atoms with Crippen LogP contribution in [0, 0.1) is 5.82 Å². The minimum Gasteiger partial charge on any atom is -0.369 e. The Kier molecular flexibility index (Phi) is 4.74. The maximum absolute atomic E-state index is 14.5. The number of imidazole rings is 1. The van der Waals surface area contributed by atoms with Crippen LogP contribution in [0.5, 0.6) is 0 Å². The number of urea groups is 1. The minimum atomic E-state index is -0.464. The molecule has 1 saturated heterocycles. The van der Waals surface area contributed by atoms with Gasteiger partial charge in [-0.25, -0.2) is 19.2 Å². The molecule has 3 aromatic heterocycles. The van der Waals surface area contributed by atoms with E-state index in [9.17, 15) is 9.18 Å². The molecule has 3 aromatic rings. The third kappa shape index (κ3) is 3.24. The first-order valence-corrected chi connectivity index (χ1v) is 10.3. The van der Waals surface area contributed by atoms with E-state index in [1.54, 1.807) is 27.9 Å². The van der Waals surface area contributed by atoms with Gasteiger partial charge in [0.1, 0.15) is 5.82 Å². The molecule has 1 fully saturated rings. The highest BCUT2D eigenvalue weighted by Gasteiger charge is 2.30. The Balaban J connectivity index is 1.39. The topological polar surface area (TPSA) is 77.8 Å². The number of aromatic nitrogens is 3. The number of nitrogens with one attached hydrogen (secondary N) is 2. The van der Waals surface area contributed by atoms with Crippen LogP contribution in [0.4, 0.5) is 26.4 Å². The lowest BCUT2D eigenvalue weighted by Gasteiger charge is -2.31. The summed E-state index contributed by atoms with van der Waals surface area (Å²) in [7, 11) is 0. The van der Waals surface area contributed by atoms with Crippen molar-refractivity contribution in [3.63, 3.8) is 0 Å². The van der Waals surface area contributed by atoms with Gasteiger partial charge in [-0.2, -0.15) is 0 Å². The van der Waals surface area contributed by atoms with Gasteiger partial charge in [-0.3, -0.25) is 4.90 Å². The first kappa shape index (κ1) is 18.8. The Morgan fingerprint density at radius 2 is 2.10 bits per heavy atom. The second-order valence-corrected chi connectivity index (χ2v) is 7.59. The summed E-state index contributed by atoms with van der Waals surface area (Å²) in [4.78, 5) is 25.7. The molecular formula is C21H24FN7O. The van der Waals surface area contributed by atoms with Crippen LogP contribution in [0.2, 0.25) is 0 Å². The van der Waals surface area contributed by atoms with Gasteiger partial charge in [-0.1, -0.05) is 6.92 Å². The summed E-state index contributed by atoms with van der Waals surface area (Å²) in [6, 6.07) is 3.02. The molecule has 2 N–H and O–H groups in total. The average Bonchev–Trinajstić information content (AvgIpc) is 3.38. The number of rotatable bonds is 3. The normalized spacial score (nSPS) is 16.2. The summed E-state index contributed by atoms with van der Waals surface area (Å²) in [5, 5.41) is 6.18. The van der Waals surface area contributed by atoms with E-state index in [4.69, 9.17) is 0 Å². The van der Waals surface area contributed by atoms with Crippen molar-refractivity contribution < 1.29 is 9.18 Å². The zero-order chi connectivity index (χ0) is 20.7. The summed E-state index contributed by atoms with van der Waals surface area (Å²) in [6.45, 7) is 6.29. The number of hydrogen-bond donors (Lipinski definition) is 2. The Bertz CT molecular complexity index is 1110. The van der Waals surface area contributed by atoms with E-state index in [0.717, 1.165) is 49.5 Å². The van der Waals surface area contributed by atoms with Crippen LogP contribution in [0.25, 0.3) is 5.65 Å². The number of fused-ring (bicyclic) bond motifs is 2. The number of pyridine rings is 2. The molecule has 0 saturated carbocycles. The van der Waals surface area contributed by atoms with E-state index in [-0.39, 0.29) is 11.7 Å². The molecule has 0 atom stereocenters. The van der Waals surface area contributed by atoms with Crippen LogP contribution in [0.1, 0.15) is 18.2 Å². The van der Waals surface area contributed by atoms with Gasteiger partial charge >= 0.3 is 6.03 Å². The van der Waals surface area contributed by atoms with Crippen molar-refractivity contribution >= 4 is 28.9 Å². The van der Waals surface area contributed by atoms with Crippen molar-refractivity contribution in [2.45, 2.75) is 19.8 Å². The summed E-state index contributed by atoms with van der Waals surface area (Å²) >= 11 is 0. The Morgan fingerprint density at radius 1 is 1.27 bits per heavy atom. The molecule has 5 heterocycles. The molecule has 30 heavy (non-hydrogen) atoms. The number of amides is 2. The molecule has 0 unspecified atom stereocenters. The second-order valence-electron chi connectivity index (χ2n) is 7.59.